The average Bonchev–Trinajstić information content (AvgIpc) is 2.59. The number of nitrogens with zero attached hydrogens (tertiary/aromatic N) is 4. The Morgan fingerprint density at radius 3 is 2.68 bits per heavy atom. The summed E-state index contributed by atoms with van der Waals surface area (Å²) in [5.74, 6) is 1.03. The quantitative estimate of drug-likeness (QED) is 0.611. The Kier molecular flexibility index (Phi) is 5.24. The first-order chi connectivity index (χ1) is 12.0. The van der Waals surface area contributed by atoms with Gasteiger partial charge in [-0.15, -0.1) is 0 Å². The number of benzene rings is 1. The molecular weight excluding hydrogens is 365 g/mol. The molecule has 7 nitrogen and oxygen atoms in total. The van der Waals surface area contributed by atoms with Gasteiger partial charge in [0.05, 0.1) is 20.7 Å². The second kappa shape index (κ2) is 7.41. The lowest BCUT2D eigenvalue weighted by atomic mass is 9.99. The van der Waals surface area contributed by atoms with Crippen molar-refractivity contribution in [2.75, 3.05) is 23.3 Å². The van der Waals surface area contributed by atoms with Crippen LogP contribution in [0.15, 0.2) is 24.5 Å². The molecule has 1 N–H and O–H groups in total. The number of hydrogen-bond acceptors (Lipinski definition) is 6. The Morgan fingerprint density at radius 2 is 2.00 bits per heavy atom. The number of aromatic nitrogens is 2. The van der Waals surface area contributed by atoms with Gasteiger partial charge in [0.15, 0.2) is 0 Å². The highest BCUT2D eigenvalue weighted by atomic mass is 35.5. The Bertz CT molecular complexity index is 794. The topological polar surface area (TPSA) is 84.2 Å². The predicted molar refractivity (Wildman–Crippen MR) is 99.0 cm³/mol. The molecule has 0 spiro atoms. The van der Waals surface area contributed by atoms with E-state index < -0.39 is 4.92 Å². The maximum Gasteiger partial charge on any atom is 0.353 e. The third-order valence-electron chi connectivity index (χ3n) is 4.27. The van der Waals surface area contributed by atoms with E-state index in [1.165, 1.54) is 6.33 Å². The van der Waals surface area contributed by atoms with Gasteiger partial charge in [0.1, 0.15) is 6.33 Å². The van der Waals surface area contributed by atoms with Gasteiger partial charge in [-0.05, 0) is 30.9 Å². The molecule has 25 heavy (non-hydrogen) atoms. The van der Waals surface area contributed by atoms with Crippen LogP contribution in [0.1, 0.15) is 19.8 Å². The van der Waals surface area contributed by atoms with Gasteiger partial charge in [0.25, 0.3) is 0 Å². The zero-order valence-corrected chi connectivity index (χ0v) is 15.1. The summed E-state index contributed by atoms with van der Waals surface area (Å²) in [5.41, 5.74) is 0.294. The molecule has 0 radical (unpaired) electrons. The van der Waals surface area contributed by atoms with Gasteiger partial charge in [0, 0.05) is 13.1 Å². The summed E-state index contributed by atoms with van der Waals surface area (Å²) < 4.78 is 0. The van der Waals surface area contributed by atoms with Crippen LogP contribution >= 0.6 is 23.2 Å². The van der Waals surface area contributed by atoms with Crippen molar-refractivity contribution in [1.82, 2.24) is 9.97 Å². The molecular formula is C16H17Cl2N5O2. The number of halogens is 2. The lowest BCUT2D eigenvalue weighted by Gasteiger charge is -2.30. The molecule has 1 aliphatic heterocycles. The van der Waals surface area contributed by atoms with Crippen molar-refractivity contribution in [3.05, 3.63) is 44.7 Å². The van der Waals surface area contributed by atoms with Gasteiger partial charge in [0.2, 0.25) is 11.6 Å². The van der Waals surface area contributed by atoms with Gasteiger partial charge < -0.3 is 10.2 Å². The summed E-state index contributed by atoms with van der Waals surface area (Å²) in [6.07, 6.45) is 3.27. The monoisotopic (exact) mass is 381 g/mol. The van der Waals surface area contributed by atoms with Gasteiger partial charge in [-0.1, -0.05) is 36.2 Å². The minimum atomic E-state index is -0.464. The molecule has 2 aromatic rings. The highest BCUT2D eigenvalue weighted by Gasteiger charge is 2.29. The van der Waals surface area contributed by atoms with Crippen LogP contribution in [0.2, 0.25) is 10.0 Å². The Hall–Kier alpha value is -2.12. The molecule has 9 heteroatoms. The minimum absolute atomic E-state index is 0.0952. The molecule has 0 bridgehead atoms. The van der Waals surface area contributed by atoms with E-state index in [1.807, 2.05) is 4.90 Å². The highest BCUT2D eigenvalue weighted by Crippen LogP contribution is 2.37. The van der Waals surface area contributed by atoms with E-state index in [1.54, 1.807) is 18.2 Å². The summed E-state index contributed by atoms with van der Waals surface area (Å²) in [5, 5.41) is 15.2. The number of nitrogens with one attached hydrogen (secondary N) is 1. The van der Waals surface area contributed by atoms with Crippen molar-refractivity contribution in [3.63, 3.8) is 0 Å². The average molecular weight is 382 g/mol. The Balaban J connectivity index is 1.98. The fourth-order valence-corrected chi connectivity index (χ4v) is 3.16. The number of piperidine rings is 1. The normalized spacial score (nSPS) is 15.2. The summed E-state index contributed by atoms with van der Waals surface area (Å²) in [6, 6.07) is 5.03. The number of anilines is 3. The molecule has 1 fully saturated rings. The summed E-state index contributed by atoms with van der Waals surface area (Å²) in [7, 11) is 0. The molecule has 3 rings (SSSR count). The first-order valence-electron chi connectivity index (χ1n) is 7.92. The van der Waals surface area contributed by atoms with Crippen LogP contribution < -0.4 is 10.2 Å². The molecule has 0 unspecified atom stereocenters. The standard InChI is InChI=1S/C16H17Cl2N5O2/c1-10-5-7-22(8-6-10)16-14(23(24)25)15(19-9-20-16)21-12-4-2-3-11(17)13(12)18/h2-4,9-10H,5-8H2,1H3,(H,19,20,21). The molecule has 1 saturated heterocycles. The van der Waals surface area contributed by atoms with Gasteiger partial charge in [-0.2, -0.15) is 0 Å². The second-order valence-corrected chi connectivity index (χ2v) is 6.83. The number of rotatable bonds is 4. The predicted octanol–water partition coefficient (Wildman–Crippen LogP) is 4.67. The van der Waals surface area contributed by atoms with E-state index in [0.29, 0.717) is 22.4 Å². The first kappa shape index (κ1) is 17.7. The zero-order chi connectivity index (χ0) is 18.0. The van der Waals surface area contributed by atoms with E-state index >= 15 is 0 Å². The maximum atomic E-state index is 11.7. The van der Waals surface area contributed by atoms with Crippen LogP contribution in [0.25, 0.3) is 0 Å². The van der Waals surface area contributed by atoms with Crippen LogP contribution in [-0.2, 0) is 0 Å². The number of nitro groups is 1. The Morgan fingerprint density at radius 1 is 1.28 bits per heavy atom. The molecule has 0 saturated carbocycles. The smallest absolute Gasteiger partial charge is 0.351 e. The van der Waals surface area contributed by atoms with E-state index in [4.69, 9.17) is 23.2 Å². The minimum Gasteiger partial charge on any atom is -0.351 e. The summed E-state index contributed by atoms with van der Waals surface area (Å²) in [6.45, 7) is 3.65. The molecule has 0 atom stereocenters. The fraction of sp³-hybridized carbons (Fsp3) is 0.375. The second-order valence-electron chi connectivity index (χ2n) is 6.05. The van der Waals surface area contributed by atoms with Crippen molar-refractivity contribution < 1.29 is 4.92 Å². The lowest BCUT2D eigenvalue weighted by Crippen LogP contribution is -2.34. The highest BCUT2D eigenvalue weighted by molar-refractivity contribution is 6.43. The largest absolute Gasteiger partial charge is 0.353 e. The number of hydrogen-bond donors (Lipinski definition) is 1. The molecule has 0 amide bonds. The summed E-state index contributed by atoms with van der Waals surface area (Å²) in [4.78, 5) is 21.4. The molecule has 1 aliphatic rings. The lowest BCUT2D eigenvalue weighted by molar-refractivity contribution is -0.383. The van der Waals surface area contributed by atoms with Crippen LogP contribution in [0.3, 0.4) is 0 Å². The van der Waals surface area contributed by atoms with E-state index in [0.717, 1.165) is 25.9 Å². The van der Waals surface area contributed by atoms with E-state index in [2.05, 4.69) is 22.2 Å². The first-order valence-corrected chi connectivity index (χ1v) is 8.68. The fourth-order valence-electron chi connectivity index (χ4n) is 2.81. The van der Waals surface area contributed by atoms with Crippen LogP contribution in [0.5, 0.6) is 0 Å². The van der Waals surface area contributed by atoms with Crippen molar-refractivity contribution in [3.8, 4) is 0 Å². The van der Waals surface area contributed by atoms with Gasteiger partial charge in [-0.3, -0.25) is 10.1 Å². The molecule has 1 aromatic carbocycles. The van der Waals surface area contributed by atoms with E-state index in [9.17, 15) is 10.1 Å². The third kappa shape index (κ3) is 3.77. The van der Waals surface area contributed by atoms with Crippen LogP contribution in [-0.4, -0.2) is 28.0 Å². The molecule has 0 aliphatic carbocycles. The van der Waals surface area contributed by atoms with Crippen LogP contribution in [0.4, 0.5) is 23.0 Å². The molecule has 132 valence electrons. The van der Waals surface area contributed by atoms with Crippen molar-refractivity contribution in [1.29, 1.82) is 0 Å². The van der Waals surface area contributed by atoms with Crippen molar-refractivity contribution in [2.45, 2.75) is 19.8 Å². The SMILES string of the molecule is CC1CCN(c2ncnc(Nc3cccc(Cl)c3Cl)c2[N+](=O)[O-])CC1. The maximum absolute atomic E-state index is 11.7. The van der Waals surface area contributed by atoms with Crippen molar-refractivity contribution >= 4 is 46.2 Å². The summed E-state index contributed by atoms with van der Waals surface area (Å²) >= 11 is 12.2. The Labute approximate surface area is 155 Å². The van der Waals surface area contributed by atoms with Crippen LogP contribution in [0, 0.1) is 16.0 Å². The third-order valence-corrected chi connectivity index (χ3v) is 5.09. The van der Waals surface area contributed by atoms with E-state index in [-0.39, 0.29) is 16.5 Å². The van der Waals surface area contributed by atoms with Gasteiger partial charge >= 0.3 is 5.69 Å². The zero-order valence-electron chi connectivity index (χ0n) is 13.6. The molecule has 1 aromatic heterocycles. The van der Waals surface area contributed by atoms with Crippen molar-refractivity contribution in [2.24, 2.45) is 5.92 Å². The molecule has 2 heterocycles. The van der Waals surface area contributed by atoms with Gasteiger partial charge in [-0.25, -0.2) is 9.97 Å².